The Morgan fingerprint density at radius 2 is 1.87 bits per heavy atom. The maximum atomic E-state index is 10.8. The number of hydrogen-bond donors (Lipinski definition) is 3. The third kappa shape index (κ3) is 7.59. The number of carbonyl (C=O) groups excluding carboxylic acids is 1. The lowest BCUT2D eigenvalue weighted by Gasteiger charge is -2.19. The maximum Gasteiger partial charge on any atom is 0.407 e. The number of nitrogens with zero attached hydrogens (tertiary/aromatic N) is 4. The van der Waals surface area contributed by atoms with Crippen molar-refractivity contribution in [2.75, 3.05) is 36.8 Å². The number of nitrogen functional groups attached to an aromatic ring is 1. The number of aromatic nitrogens is 3. The molecule has 0 radical (unpaired) electrons. The van der Waals surface area contributed by atoms with Crippen molar-refractivity contribution >= 4 is 55.2 Å². The van der Waals surface area contributed by atoms with E-state index in [9.17, 15) is 4.79 Å². The van der Waals surface area contributed by atoms with Gasteiger partial charge in [-0.2, -0.15) is 9.61 Å². The first-order chi connectivity index (χ1) is 14.1. The van der Waals surface area contributed by atoms with Crippen molar-refractivity contribution in [2.45, 2.75) is 53.1 Å². The molecule has 3 heterocycles. The lowest BCUT2D eigenvalue weighted by Crippen LogP contribution is -2.35. The van der Waals surface area contributed by atoms with E-state index in [1.165, 1.54) is 12.8 Å². The summed E-state index contributed by atoms with van der Waals surface area (Å²) in [4.78, 5) is 17.7. The molecule has 1 saturated heterocycles. The van der Waals surface area contributed by atoms with Crippen molar-refractivity contribution in [1.82, 2.24) is 19.9 Å². The molecule has 9 nitrogen and oxygen atoms in total. The SMILES string of the molecule is CC.CC(C)(C)OC(=O)NCCN.Nc1c(Br)c(N2CCCC2)nc2c(Br)cnn12. The molecule has 1 amide bonds. The van der Waals surface area contributed by atoms with Crippen molar-refractivity contribution in [3.8, 4) is 0 Å². The molecule has 0 aliphatic carbocycles. The summed E-state index contributed by atoms with van der Waals surface area (Å²) in [7, 11) is 0. The van der Waals surface area contributed by atoms with Crippen LogP contribution >= 0.6 is 31.9 Å². The molecule has 0 spiro atoms. The monoisotopic (exact) mass is 549 g/mol. The molecule has 1 aliphatic rings. The largest absolute Gasteiger partial charge is 0.444 e. The molecule has 11 heteroatoms. The van der Waals surface area contributed by atoms with Gasteiger partial charge in [0.25, 0.3) is 0 Å². The molecular weight excluding hydrogens is 518 g/mol. The Morgan fingerprint density at radius 1 is 1.27 bits per heavy atom. The van der Waals surface area contributed by atoms with Gasteiger partial charge in [-0.25, -0.2) is 9.78 Å². The van der Waals surface area contributed by atoms with Crippen molar-refractivity contribution in [1.29, 1.82) is 0 Å². The van der Waals surface area contributed by atoms with Crippen LogP contribution in [0.2, 0.25) is 0 Å². The van der Waals surface area contributed by atoms with Crippen LogP contribution in [0.1, 0.15) is 47.5 Å². The zero-order valence-electron chi connectivity index (χ0n) is 18.3. The highest BCUT2D eigenvalue weighted by molar-refractivity contribution is 9.11. The lowest BCUT2D eigenvalue weighted by molar-refractivity contribution is 0.0529. The van der Waals surface area contributed by atoms with Crippen LogP contribution in [-0.4, -0.2) is 52.5 Å². The van der Waals surface area contributed by atoms with Gasteiger partial charge < -0.3 is 26.4 Å². The maximum absolute atomic E-state index is 10.8. The van der Waals surface area contributed by atoms with E-state index in [4.69, 9.17) is 16.2 Å². The zero-order chi connectivity index (χ0) is 22.9. The number of anilines is 2. The minimum absolute atomic E-state index is 0.414. The minimum atomic E-state index is -0.432. The molecule has 0 unspecified atom stereocenters. The Hall–Kier alpha value is -1.59. The van der Waals surface area contributed by atoms with Crippen LogP contribution in [0.25, 0.3) is 5.65 Å². The summed E-state index contributed by atoms with van der Waals surface area (Å²) >= 11 is 6.95. The highest BCUT2D eigenvalue weighted by Crippen LogP contribution is 2.33. The molecule has 3 rings (SSSR count). The van der Waals surface area contributed by atoms with Crippen LogP contribution < -0.4 is 21.7 Å². The van der Waals surface area contributed by atoms with Crippen molar-refractivity contribution < 1.29 is 9.53 Å². The number of fused-ring (bicyclic) bond motifs is 1. The van der Waals surface area contributed by atoms with Crippen LogP contribution in [0.5, 0.6) is 0 Å². The number of nitrogens with one attached hydrogen (secondary N) is 1. The van der Waals surface area contributed by atoms with Crippen molar-refractivity contribution in [3.05, 3.63) is 15.1 Å². The Balaban J connectivity index is 0.000000304. The summed E-state index contributed by atoms with van der Waals surface area (Å²) in [6, 6.07) is 0. The van der Waals surface area contributed by atoms with Gasteiger partial charge in [-0.05, 0) is 65.5 Å². The first kappa shape index (κ1) is 26.4. The van der Waals surface area contributed by atoms with E-state index in [1.54, 1.807) is 10.7 Å². The number of rotatable bonds is 3. The normalized spacial score (nSPS) is 13.3. The second-order valence-corrected chi connectivity index (χ2v) is 8.92. The van der Waals surface area contributed by atoms with Gasteiger partial charge in [0, 0.05) is 26.2 Å². The highest BCUT2D eigenvalue weighted by Gasteiger charge is 2.21. The predicted molar refractivity (Wildman–Crippen MR) is 129 cm³/mol. The molecule has 2 aromatic rings. The van der Waals surface area contributed by atoms with Gasteiger partial charge >= 0.3 is 6.09 Å². The molecule has 0 bridgehead atoms. The van der Waals surface area contributed by atoms with Crippen LogP contribution in [0.3, 0.4) is 0 Å². The number of alkyl carbamates (subject to hydrolysis) is 1. The Morgan fingerprint density at radius 3 is 2.40 bits per heavy atom. The second-order valence-electron chi connectivity index (χ2n) is 7.27. The third-order valence-electron chi connectivity index (χ3n) is 3.78. The summed E-state index contributed by atoms with van der Waals surface area (Å²) in [6.45, 7) is 12.4. The summed E-state index contributed by atoms with van der Waals surface area (Å²) < 4.78 is 8.25. The molecule has 1 aliphatic heterocycles. The smallest absolute Gasteiger partial charge is 0.407 e. The number of halogens is 2. The molecule has 0 saturated carbocycles. The Bertz CT molecular complexity index is 815. The van der Waals surface area contributed by atoms with E-state index in [0.717, 1.165) is 33.5 Å². The molecule has 5 N–H and O–H groups in total. The topological polar surface area (TPSA) is 124 Å². The van der Waals surface area contributed by atoms with Crippen LogP contribution in [-0.2, 0) is 4.74 Å². The average molecular weight is 551 g/mol. The molecular formula is C19H33Br2N7O2. The van der Waals surface area contributed by atoms with E-state index in [0.29, 0.717) is 18.9 Å². The van der Waals surface area contributed by atoms with Gasteiger partial charge in [0.15, 0.2) is 5.65 Å². The zero-order valence-corrected chi connectivity index (χ0v) is 21.5. The van der Waals surface area contributed by atoms with Gasteiger partial charge in [-0.15, -0.1) is 0 Å². The number of ether oxygens (including phenoxy) is 1. The van der Waals surface area contributed by atoms with Crippen molar-refractivity contribution in [3.63, 3.8) is 0 Å². The van der Waals surface area contributed by atoms with Gasteiger partial charge in [-0.3, -0.25) is 0 Å². The molecule has 170 valence electrons. The summed E-state index contributed by atoms with van der Waals surface area (Å²) in [5.74, 6) is 1.50. The second kappa shape index (κ2) is 12.3. The predicted octanol–water partition coefficient (Wildman–Crippen LogP) is 3.93. The minimum Gasteiger partial charge on any atom is -0.444 e. The van der Waals surface area contributed by atoms with E-state index in [2.05, 4.69) is 52.2 Å². The van der Waals surface area contributed by atoms with E-state index in [1.807, 2.05) is 34.6 Å². The summed E-state index contributed by atoms with van der Waals surface area (Å²) in [5, 5.41) is 6.68. The number of carbonyl (C=O) groups is 1. The first-order valence-electron chi connectivity index (χ1n) is 10.0. The van der Waals surface area contributed by atoms with Crippen molar-refractivity contribution in [2.24, 2.45) is 5.73 Å². The number of hydrogen-bond acceptors (Lipinski definition) is 7. The molecule has 1 fully saturated rings. The third-order valence-corrected chi connectivity index (χ3v) is 5.10. The van der Waals surface area contributed by atoms with Gasteiger partial charge in [0.1, 0.15) is 21.7 Å². The molecule has 2 aromatic heterocycles. The van der Waals surface area contributed by atoms with Crippen LogP contribution in [0.4, 0.5) is 16.4 Å². The first-order valence-corrected chi connectivity index (χ1v) is 11.6. The molecule has 0 atom stereocenters. The summed E-state index contributed by atoms with van der Waals surface area (Å²) in [6.07, 6.45) is 3.71. The number of nitrogens with two attached hydrogens (primary N) is 2. The van der Waals surface area contributed by atoms with Gasteiger partial charge in [0.05, 0.1) is 10.7 Å². The van der Waals surface area contributed by atoms with E-state index in [-0.39, 0.29) is 0 Å². The fourth-order valence-corrected chi connectivity index (χ4v) is 3.44. The fourth-order valence-electron chi connectivity index (χ4n) is 2.58. The fraction of sp³-hybridized carbons (Fsp3) is 0.632. The lowest BCUT2D eigenvalue weighted by atomic mass is 10.2. The Kier molecular flexibility index (Phi) is 10.9. The highest BCUT2D eigenvalue weighted by atomic mass is 79.9. The van der Waals surface area contributed by atoms with Crippen LogP contribution in [0.15, 0.2) is 15.1 Å². The molecule has 30 heavy (non-hydrogen) atoms. The Labute approximate surface area is 195 Å². The van der Waals surface area contributed by atoms with Gasteiger partial charge in [-0.1, -0.05) is 13.8 Å². The van der Waals surface area contributed by atoms with Gasteiger partial charge in [0.2, 0.25) is 0 Å². The quantitative estimate of drug-likeness (QED) is 0.528. The standard InChI is InChI=1S/C10H11Br2N5.C7H16N2O2.C2H6/c11-6-5-14-17-8(13)7(12)10(15-9(6)17)16-3-1-2-4-16;1-7(2,3)11-6(10)9-5-4-8;1-2/h5H,1-4,13H2;4-5,8H2,1-3H3,(H,9,10);1-2H3. The summed E-state index contributed by atoms with van der Waals surface area (Å²) in [5.41, 5.74) is 11.6. The van der Waals surface area contributed by atoms with E-state index < -0.39 is 11.7 Å². The van der Waals surface area contributed by atoms with Crippen LogP contribution in [0, 0.1) is 0 Å². The average Bonchev–Trinajstić information content (AvgIpc) is 3.34. The number of amides is 1. The molecule has 0 aromatic carbocycles. The van der Waals surface area contributed by atoms with E-state index >= 15 is 0 Å².